The molecular formula is C30H36F3N3O4S2. The van der Waals surface area contributed by atoms with E-state index in [1.54, 1.807) is 56.0 Å². The molecule has 0 fully saturated rings. The standard InChI is InChI=1S/C30H36F3N3O4S2/c1-29(2,3)40-28(39)34-25(26(37)36(20-23-13-9-17-41-23)21-24-14-10-18-42-24)15-7-8-16-35(27(38)30(31,32)33)19-22-11-5-4-6-12-22/h4-6,9-14,17-18,25H,7-8,15-16,19-21H2,1-3H3,(H,34,39). The highest BCUT2D eigenvalue weighted by molar-refractivity contribution is 7.10. The van der Waals surface area contributed by atoms with Crippen LogP contribution in [0.1, 0.15) is 55.4 Å². The summed E-state index contributed by atoms with van der Waals surface area (Å²) < 4.78 is 45.4. The summed E-state index contributed by atoms with van der Waals surface area (Å²) in [5.41, 5.74) is -0.214. The maximum Gasteiger partial charge on any atom is 0.471 e. The number of alkyl halides is 3. The molecule has 0 aliphatic rings. The van der Waals surface area contributed by atoms with E-state index in [0.29, 0.717) is 18.7 Å². The Bertz CT molecular complexity index is 1220. The van der Waals surface area contributed by atoms with Crippen molar-refractivity contribution in [2.24, 2.45) is 0 Å². The number of benzene rings is 1. The van der Waals surface area contributed by atoms with Crippen molar-refractivity contribution in [1.29, 1.82) is 0 Å². The molecule has 0 spiro atoms. The van der Waals surface area contributed by atoms with E-state index in [0.717, 1.165) is 14.7 Å². The van der Waals surface area contributed by atoms with E-state index in [2.05, 4.69) is 5.32 Å². The zero-order chi connectivity index (χ0) is 30.8. The van der Waals surface area contributed by atoms with Gasteiger partial charge < -0.3 is 19.9 Å². The number of carbonyl (C=O) groups excluding carboxylic acids is 3. The first-order valence-electron chi connectivity index (χ1n) is 13.5. The van der Waals surface area contributed by atoms with Gasteiger partial charge >= 0.3 is 18.2 Å². The van der Waals surface area contributed by atoms with Crippen LogP contribution in [0.4, 0.5) is 18.0 Å². The number of nitrogens with one attached hydrogen (secondary N) is 1. The quantitative estimate of drug-likeness (QED) is 0.208. The third-order valence-electron chi connectivity index (χ3n) is 6.07. The highest BCUT2D eigenvalue weighted by atomic mass is 32.1. The number of carbonyl (C=O) groups is 3. The number of amides is 3. The summed E-state index contributed by atoms with van der Waals surface area (Å²) in [5.74, 6) is -2.24. The summed E-state index contributed by atoms with van der Waals surface area (Å²) in [6.45, 7) is 5.46. The first kappa shape index (κ1) is 33.1. The van der Waals surface area contributed by atoms with E-state index in [4.69, 9.17) is 4.74 Å². The molecule has 0 aliphatic carbocycles. The molecule has 3 aromatic rings. The Balaban J connectivity index is 1.73. The van der Waals surface area contributed by atoms with Gasteiger partial charge in [-0.15, -0.1) is 22.7 Å². The highest BCUT2D eigenvalue weighted by Crippen LogP contribution is 2.22. The molecule has 7 nitrogen and oxygen atoms in total. The van der Waals surface area contributed by atoms with Crippen molar-refractivity contribution in [2.45, 2.75) is 77.5 Å². The van der Waals surface area contributed by atoms with Crippen LogP contribution in [0.5, 0.6) is 0 Å². The number of hydrogen-bond donors (Lipinski definition) is 1. The first-order valence-corrected chi connectivity index (χ1v) is 15.3. The van der Waals surface area contributed by atoms with Gasteiger partial charge in [-0.2, -0.15) is 13.2 Å². The summed E-state index contributed by atoms with van der Waals surface area (Å²) in [6, 6.07) is 15.1. The van der Waals surface area contributed by atoms with Crippen molar-refractivity contribution in [2.75, 3.05) is 6.54 Å². The van der Waals surface area contributed by atoms with E-state index < -0.39 is 29.8 Å². The van der Waals surface area contributed by atoms with Crippen LogP contribution in [0.15, 0.2) is 65.4 Å². The molecule has 42 heavy (non-hydrogen) atoms. The Morgan fingerprint density at radius 3 is 1.93 bits per heavy atom. The fraction of sp³-hybridized carbons (Fsp3) is 0.433. The van der Waals surface area contributed by atoms with Crippen molar-refractivity contribution in [3.63, 3.8) is 0 Å². The number of hydrogen-bond acceptors (Lipinski definition) is 6. The van der Waals surface area contributed by atoms with Crippen LogP contribution in [0.3, 0.4) is 0 Å². The number of ether oxygens (including phenoxy) is 1. The zero-order valence-corrected chi connectivity index (χ0v) is 25.5. The molecule has 2 heterocycles. The zero-order valence-electron chi connectivity index (χ0n) is 23.9. The predicted molar refractivity (Wildman–Crippen MR) is 158 cm³/mol. The molecule has 2 aromatic heterocycles. The van der Waals surface area contributed by atoms with E-state index in [1.807, 2.05) is 35.0 Å². The van der Waals surface area contributed by atoms with Crippen LogP contribution in [0, 0.1) is 0 Å². The van der Waals surface area contributed by atoms with Crippen molar-refractivity contribution in [1.82, 2.24) is 15.1 Å². The second-order valence-corrected chi connectivity index (χ2v) is 12.8. The molecule has 1 N–H and O–H groups in total. The largest absolute Gasteiger partial charge is 0.471 e. The van der Waals surface area contributed by atoms with E-state index >= 15 is 0 Å². The second-order valence-electron chi connectivity index (χ2n) is 10.8. The summed E-state index contributed by atoms with van der Waals surface area (Å²) in [4.78, 5) is 43.1. The summed E-state index contributed by atoms with van der Waals surface area (Å²) in [7, 11) is 0. The Hall–Kier alpha value is -3.38. The molecule has 3 amide bonds. The lowest BCUT2D eigenvalue weighted by Crippen LogP contribution is -2.49. The van der Waals surface area contributed by atoms with Gasteiger partial charge in [-0.3, -0.25) is 9.59 Å². The number of nitrogens with zero attached hydrogens (tertiary/aromatic N) is 2. The molecule has 0 saturated carbocycles. The van der Waals surface area contributed by atoms with Gasteiger partial charge in [0.15, 0.2) is 0 Å². The first-order chi connectivity index (χ1) is 19.8. The van der Waals surface area contributed by atoms with E-state index in [9.17, 15) is 27.6 Å². The molecule has 0 aliphatic heterocycles. The monoisotopic (exact) mass is 623 g/mol. The molecule has 1 atom stereocenters. The Labute approximate surface area is 252 Å². The minimum Gasteiger partial charge on any atom is -0.444 e. The minimum atomic E-state index is -5.00. The molecule has 3 rings (SSSR count). The summed E-state index contributed by atoms with van der Waals surface area (Å²) in [6.07, 6.45) is -5.12. The Morgan fingerprint density at radius 2 is 1.43 bits per heavy atom. The highest BCUT2D eigenvalue weighted by Gasteiger charge is 2.42. The normalized spacial score (nSPS) is 12.4. The SMILES string of the molecule is CC(C)(C)OC(=O)NC(CCCCN(Cc1ccccc1)C(=O)C(F)(F)F)C(=O)N(Cc1cccs1)Cc1cccs1. The van der Waals surface area contributed by atoms with Gasteiger partial charge in [-0.25, -0.2) is 4.79 Å². The van der Waals surface area contributed by atoms with Gasteiger partial charge in [0, 0.05) is 22.8 Å². The smallest absolute Gasteiger partial charge is 0.444 e. The number of thiophene rings is 2. The molecule has 0 bridgehead atoms. The van der Waals surface area contributed by atoms with E-state index in [-0.39, 0.29) is 38.3 Å². The molecule has 1 aromatic carbocycles. The second kappa shape index (κ2) is 15.2. The lowest BCUT2D eigenvalue weighted by Gasteiger charge is -2.29. The van der Waals surface area contributed by atoms with Gasteiger partial charge in [0.1, 0.15) is 11.6 Å². The molecule has 0 radical (unpaired) electrons. The Kier molecular flexibility index (Phi) is 12.0. The summed E-state index contributed by atoms with van der Waals surface area (Å²) >= 11 is 3.03. The van der Waals surface area contributed by atoms with Crippen molar-refractivity contribution >= 4 is 40.6 Å². The maximum atomic E-state index is 13.9. The van der Waals surface area contributed by atoms with Crippen LogP contribution in [-0.4, -0.2) is 52.1 Å². The van der Waals surface area contributed by atoms with Crippen LogP contribution in [0.25, 0.3) is 0 Å². The van der Waals surface area contributed by atoms with Gasteiger partial charge in [0.2, 0.25) is 5.91 Å². The van der Waals surface area contributed by atoms with Crippen molar-refractivity contribution in [3.05, 3.63) is 80.7 Å². The van der Waals surface area contributed by atoms with Crippen LogP contribution in [0.2, 0.25) is 0 Å². The van der Waals surface area contributed by atoms with Crippen LogP contribution >= 0.6 is 22.7 Å². The topological polar surface area (TPSA) is 79.0 Å². The minimum absolute atomic E-state index is 0.156. The number of rotatable bonds is 13. The lowest BCUT2D eigenvalue weighted by molar-refractivity contribution is -0.186. The fourth-order valence-corrected chi connectivity index (χ4v) is 5.65. The van der Waals surface area contributed by atoms with Crippen molar-refractivity contribution < 1.29 is 32.3 Å². The van der Waals surface area contributed by atoms with Gasteiger partial charge in [0.25, 0.3) is 0 Å². The Morgan fingerprint density at radius 1 is 0.833 bits per heavy atom. The molecule has 228 valence electrons. The maximum absolute atomic E-state index is 13.9. The number of halogens is 3. The predicted octanol–water partition coefficient (Wildman–Crippen LogP) is 6.99. The van der Waals surface area contributed by atoms with E-state index in [1.165, 1.54) is 22.7 Å². The van der Waals surface area contributed by atoms with Crippen LogP contribution in [-0.2, 0) is 34.0 Å². The molecule has 1 unspecified atom stereocenters. The van der Waals surface area contributed by atoms with Gasteiger partial charge in [-0.1, -0.05) is 42.5 Å². The molecule has 12 heteroatoms. The third-order valence-corrected chi connectivity index (χ3v) is 7.79. The lowest BCUT2D eigenvalue weighted by atomic mass is 10.1. The number of unbranched alkanes of at least 4 members (excludes halogenated alkanes) is 1. The van der Waals surface area contributed by atoms with Gasteiger partial charge in [-0.05, 0) is 68.5 Å². The van der Waals surface area contributed by atoms with Gasteiger partial charge in [0.05, 0.1) is 13.1 Å². The molecule has 0 saturated heterocycles. The molecular weight excluding hydrogens is 587 g/mol. The van der Waals surface area contributed by atoms with Crippen molar-refractivity contribution in [3.8, 4) is 0 Å². The average molecular weight is 624 g/mol. The third kappa shape index (κ3) is 11.1. The number of alkyl carbamates (subject to hydrolysis) is 1. The average Bonchev–Trinajstić information content (AvgIpc) is 3.62. The fourth-order valence-electron chi connectivity index (χ4n) is 4.21. The summed E-state index contributed by atoms with van der Waals surface area (Å²) in [5, 5.41) is 6.52. The van der Waals surface area contributed by atoms with Crippen LogP contribution < -0.4 is 5.32 Å².